The maximum Gasteiger partial charge on any atom is 0.408 e. The molecule has 10 heteroatoms. The lowest BCUT2D eigenvalue weighted by molar-refractivity contribution is -0.144. The van der Waals surface area contributed by atoms with Crippen molar-refractivity contribution in [3.8, 4) is 23.7 Å². The van der Waals surface area contributed by atoms with Crippen molar-refractivity contribution in [3.05, 3.63) is 96.1 Å². The number of aliphatic hydroxyl groups is 1. The first kappa shape index (κ1) is 41.5. The van der Waals surface area contributed by atoms with E-state index < -0.39 is 55.5 Å². The Morgan fingerprint density at radius 1 is 0.808 bits per heavy atom. The standard InChI is InChI=1S/C42H52N2O7Si/c1-30(35(45)29-50-52(41(5,6)7,33-21-13-11-14-22-33)34-23-15-12-16-24-34)19-17-18-20-31-25-27-32(28-26-31)37(46)43-36(38(47)49-10)42(8,9)44-39(48)51-40(2,3)4/h11-16,21-28,30,35-36,45H,29H2,1-10H3,(H,43,46)(H,44,48)/t30?,35?,36-/m1/s1. The van der Waals surface area contributed by atoms with Crippen molar-refractivity contribution < 1.29 is 33.4 Å². The molecule has 0 fully saturated rings. The van der Waals surface area contributed by atoms with Crippen molar-refractivity contribution >= 4 is 36.7 Å². The summed E-state index contributed by atoms with van der Waals surface area (Å²) in [4.78, 5) is 38.2. The molecule has 2 unspecified atom stereocenters. The highest BCUT2D eigenvalue weighted by Gasteiger charge is 2.50. The van der Waals surface area contributed by atoms with Gasteiger partial charge in [-0.3, -0.25) is 4.79 Å². The Morgan fingerprint density at radius 3 is 1.83 bits per heavy atom. The second-order valence-corrected chi connectivity index (χ2v) is 19.5. The summed E-state index contributed by atoms with van der Waals surface area (Å²) in [6, 6.07) is 25.8. The Bertz CT molecular complexity index is 1750. The van der Waals surface area contributed by atoms with Crippen molar-refractivity contribution in [1.29, 1.82) is 0 Å². The van der Waals surface area contributed by atoms with E-state index in [4.69, 9.17) is 13.9 Å². The average molecular weight is 725 g/mol. The number of rotatable bonds is 11. The molecular formula is C42H52N2O7Si. The van der Waals surface area contributed by atoms with E-state index in [-0.39, 0.29) is 17.2 Å². The predicted octanol–water partition coefficient (Wildman–Crippen LogP) is 5.19. The number of hydrogen-bond acceptors (Lipinski definition) is 7. The maximum atomic E-state index is 13.1. The van der Waals surface area contributed by atoms with Gasteiger partial charge in [0.2, 0.25) is 0 Å². The molecule has 0 spiro atoms. The fourth-order valence-corrected chi connectivity index (χ4v) is 10.3. The molecule has 2 amide bonds. The molecule has 3 atom stereocenters. The van der Waals surface area contributed by atoms with Gasteiger partial charge in [-0.05, 0) is 93.1 Å². The van der Waals surface area contributed by atoms with E-state index in [9.17, 15) is 19.5 Å². The molecule has 3 aromatic carbocycles. The van der Waals surface area contributed by atoms with Crippen LogP contribution in [0.2, 0.25) is 5.04 Å². The van der Waals surface area contributed by atoms with Crippen molar-refractivity contribution in [2.75, 3.05) is 13.7 Å². The van der Waals surface area contributed by atoms with E-state index in [1.54, 1.807) is 58.9 Å². The molecule has 0 saturated carbocycles. The summed E-state index contributed by atoms with van der Waals surface area (Å²) in [6.07, 6.45) is -1.58. The predicted molar refractivity (Wildman–Crippen MR) is 207 cm³/mol. The highest BCUT2D eigenvalue weighted by Crippen LogP contribution is 2.37. The van der Waals surface area contributed by atoms with E-state index in [1.165, 1.54) is 7.11 Å². The maximum absolute atomic E-state index is 13.1. The summed E-state index contributed by atoms with van der Waals surface area (Å²) in [6.45, 7) is 16.9. The molecule has 0 aliphatic heterocycles. The fourth-order valence-electron chi connectivity index (χ4n) is 5.68. The second kappa shape index (κ2) is 17.6. The van der Waals surface area contributed by atoms with Crippen LogP contribution >= 0.6 is 0 Å². The monoisotopic (exact) mass is 724 g/mol. The van der Waals surface area contributed by atoms with Gasteiger partial charge in [-0.1, -0.05) is 93.3 Å². The molecule has 3 rings (SSSR count). The van der Waals surface area contributed by atoms with Crippen LogP contribution in [-0.4, -0.2) is 68.4 Å². The fraction of sp³-hybridized carbons (Fsp3) is 0.405. The number of alkyl carbamates (subject to hydrolysis) is 1. The van der Waals surface area contributed by atoms with Crippen molar-refractivity contribution in [1.82, 2.24) is 10.6 Å². The van der Waals surface area contributed by atoms with Crippen LogP contribution in [0.25, 0.3) is 0 Å². The van der Waals surface area contributed by atoms with Gasteiger partial charge < -0.3 is 29.6 Å². The van der Waals surface area contributed by atoms with Crippen molar-refractivity contribution in [3.63, 3.8) is 0 Å². The van der Waals surface area contributed by atoms with Gasteiger partial charge >= 0.3 is 12.1 Å². The second-order valence-electron chi connectivity index (χ2n) is 15.2. The highest BCUT2D eigenvalue weighted by atomic mass is 28.4. The molecular weight excluding hydrogens is 673 g/mol. The molecule has 0 heterocycles. The Labute approximate surface area is 310 Å². The summed E-state index contributed by atoms with van der Waals surface area (Å²) in [5, 5.41) is 18.5. The minimum absolute atomic E-state index is 0.116. The summed E-state index contributed by atoms with van der Waals surface area (Å²) < 4.78 is 17.1. The van der Waals surface area contributed by atoms with Crippen LogP contribution < -0.4 is 21.0 Å². The van der Waals surface area contributed by atoms with E-state index in [1.807, 2.05) is 43.3 Å². The lowest BCUT2D eigenvalue weighted by Gasteiger charge is -2.43. The van der Waals surface area contributed by atoms with E-state index >= 15 is 0 Å². The van der Waals surface area contributed by atoms with Crippen molar-refractivity contribution in [2.45, 2.75) is 90.6 Å². The number of carbonyl (C=O) groups is 3. The molecule has 9 nitrogen and oxygen atoms in total. The number of hydrogen-bond donors (Lipinski definition) is 3. The van der Waals surface area contributed by atoms with E-state index in [0.29, 0.717) is 5.56 Å². The van der Waals surface area contributed by atoms with Gasteiger partial charge in [-0.25, -0.2) is 9.59 Å². The Morgan fingerprint density at radius 2 is 1.35 bits per heavy atom. The first-order chi connectivity index (χ1) is 24.3. The van der Waals surface area contributed by atoms with Crippen LogP contribution in [0, 0.1) is 29.6 Å². The zero-order valence-corrected chi connectivity index (χ0v) is 32.9. The molecule has 3 aromatic rings. The van der Waals surface area contributed by atoms with Crippen molar-refractivity contribution in [2.24, 2.45) is 5.92 Å². The summed E-state index contributed by atoms with van der Waals surface area (Å²) in [7, 11) is -1.60. The zero-order chi connectivity index (χ0) is 38.7. The lowest BCUT2D eigenvalue weighted by Crippen LogP contribution is -2.67. The summed E-state index contributed by atoms with van der Waals surface area (Å²) >= 11 is 0. The SMILES string of the molecule is COC(=O)[C@@H](NC(=O)c1ccc(C#CC#CC(C)C(O)CO[Si](c2ccccc2)(c2ccccc2)C(C)(C)C)cc1)C(C)(C)NC(=O)OC(C)(C)C. The van der Waals surface area contributed by atoms with Crippen LogP contribution in [0.5, 0.6) is 0 Å². The van der Waals surface area contributed by atoms with Gasteiger partial charge in [0.05, 0.1) is 25.4 Å². The van der Waals surface area contributed by atoms with E-state index in [2.05, 4.69) is 79.4 Å². The molecule has 0 bridgehead atoms. The first-order valence-electron chi connectivity index (χ1n) is 17.3. The number of aliphatic hydroxyl groups excluding tert-OH is 1. The van der Waals surface area contributed by atoms with Crippen LogP contribution in [0.15, 0.2) is 84.9 Å². The third kappa shape index (κ3) is 11.1. The summed E-state index contributed by atoms with van der Waals surface area (Å²) in [5.74, 6) is 9.97. The molecule has 0 aliphatic carbocycles. The van der Waals surface area contributed by atoms with Gasteiger partial charge in [0.15, 0.2) is 0 Å². The zero-order valence-electron chi connectivity index (χ0n) is 31.9. The van der Waals surface area contributed by atoms with Gasteiger partial charge in [0.25, 0.3) is 14.2 Å². The third-order valence-corrected chi connectivity index (χ3v) is 13.4. The lowest BCUT2D eigenvalue weighted by atomic mass is 9.94. The third-order valence-electron chi connectivity index (χ3n) is 8.44. The number of nitrogens with one attached hydrogen (secondary N) is 2. The number of amides is 2. The van der Waals surface area contributed by atoms with Gasteiger partial charge in [0.1, 0.15) is 11.6 Å². The number of methoxy groups -OCH3 is 1. The minimum atomic E-state index is -2.80. The van der Waals surface area contributed by atoms with Crippen LogP contribution in [0.4, 0.5) is 4.79 Å². The molecule has 276 valence electrons. The van der Waals surface area contributed by atoms with Crippen LogP contribution in [-0.2, 0) is 18.7 Å². The quantitative estimate of drug-likeness (QED) is 0.141. The van der Waals surface area contributed by atoms with Crippen LogP contribution in [0.3, 0.4) is 0 Å². The average Bonchev–Trinajstić information content (AvgIpc) is 3.08. The molecule has 0 aromatic heterocycles. The number of ether oxygens (including phenoxy) is 2. The Balaban J connectivity index is 1.69. The first-order valence-corrected chi connectivity index (χ1v) is 19.2. The van der Waals surface area contributed by atoms with E-state index in [0.717, 1.165) is 10.4 Å². The molecule has 0 saturated heterocycles. The largest absolute Gasteiger partial charge is 0.467 e. The highest BCUT2D eigenvalue weighted by molar-refractivity contribution is 6.99. The molecule has 0 radical (unpaired) electrons. The Kier molecular flexibility index (Phi) is 14.0. The summed E-state index contributed by atoms with van der Waals surface area (Å²) in [5.41, 5.74) is -1.10. The smallest absolute Gasteiger partial charge is 0.408 e. The minimum Gasteiger partial charge on any atom is -0.467 e. The normalized spacial score (nSPS) is 13.5. The number of benzene rings is 3. The van der Waals surface area contributed by atoms with Gasteiger partial charge in [-0.15, -0.1) is 0 Å². The van der Waals surface area contributed by atoms with Crippen LogP contribution in [0.1, 0.15) is 78.2 Å². The Hall–Kier alpha value is -4.87. The number of carbonyl (C=O) groups excluding carboxylic acids is 3. The molecule has 52 heavy (non-hydrogen) atoms. The van der Waals surface area contributed by atoms with Gasteiger partial charge in [0, 0.05) is 17.0 Å². The topological polar surface area (TPSA) is 123 Å². The molecule has 0 aliphatic rings. The number of esters is 1. The van der Waals surface area contributed by atoms with Gasteiger partial charge in [-0.2, -0.15) is 0 Å². The molecule has 3 N–H and O–H groups in total.